The van der Waals surface area contributed by atoms with Crippen molar-refractivity contribution in [1.82, 2.24) is 15.2 Å². The van der Waals surface area contributed by atoms with Crippen LogP contribution in [0.25, 0.3) is 0 Å². The summed E-state index contributed by atoms with van der Waals surface area (Å²) in [7, 11) is 4.92. The molecule has 10 heteroatoms. The predicted octanol–water partition coefficient (Wildman–Crippen LogP) is 5.69. The Morgan fingerprint density at radius 2 is 1.79 bits per heavy atom. The Morgan fingerprint density at radius 3 is 2.49 bits per heavy atom. The van der Waals surface area contributed by atoms with Crippen molar-refractivity contribution in [3.8, 4) is 11.5 Å². The average Bonchev–Trinajstić information content (AvgIpc) is 2.88. The number of hydrogen-bond donors (Lipinski definition) is 2. The predicted molar refractivity (Wildman–Crippen MR) is 144 cm³/mol. The fourth-order valence-corrected chi connectivity index (χ4v) is 4.52. The van der Waals surface area contributed by atoms with E-state index in [0.717, 1.165) is 17.2 Å². The van der Waals surface area contributed by atoms with Crippen molar-refractivity contribution < 1.29 is 27.5 Å². The van der Waals surface area contributed by atoms with Gasteiger partial charge in [0.1, 0.15) is 17.2 Å². The first-order valence-electron chi connectivity index (χ1n) is 12.2. The molecule has 0 saturated carbocycles. The molecule has 0 fully saturated rings. The van der Waals surface area contributed by atoms with E-state index in [4.69, 9.17) is 4.74 Å². The molecule has 1 atom stereocenters. The van der Waals surface area contributed by atoms with E-state index in [-0.39, 0.29) is 42.7 Å². The maximum Gasteiger partial charge on any atom is 0.416 e. The zero-order chi connectivity index (χ0) is 27.4. The SMILES string of the molecule is C.CNC(=O)c1cc(Oc2ccc3c(c2)CC(C(=O)Nc2ccc(CN(C)C)c(C(F)(F)F)c2)CC3)ccn1. The molecule has 1 aliphatic rings. The molecular weight excluding hydrogens is 509 g/mol. The van der Waals surface area contributed by atoms with Gasteiger partial charge in [-0.25, -0.2) is 0 Å². The Kier molecular flexibility index (Phi) is 9.34. The largest absolute Gasteiger partial charge is 0.457 e. The van der Waals surface area contributed by atoms with Crippen LogP contribution >= 0.6 is 0 Å². The first kappa shape index (κ1) is 29.6. The summed E-state index contributed by atoms with van der Waals surface area (Å²) in [5.74, 6) is -0.0504. The molecule has 2 aromatic carbocycles. The minimum absolute atomic E-state index is 0. The van der Waals surface area contributed by atoms with E-state index in [1.54, 1.807) is 25.1 Å². The molecule has 0 radical (unpaired) electrons. The minimum atomic E-state index is -4.53. The third kappa shape index (κ3) is 7.35. The number of fused-ring (bicyclic) bond motifs is 1. The fraction of sp³-hybridized carbons (Fsp3) is 0.345. The normalized spacial score (nSPS) is 14.7. The van der Waals surface area contributed by atoms with E-state index in [1.807, 2.05) is 18.2 Å². The van der Waals surface area contributed by atoms with E-state index in [2.05, 4.69) is 15.6 Å². The summed E-state index contributed by atoms with van der Waals surface area (Å²) in [5.41, 5.74) is 1.77. The molecular formula is C29H33F3N4O3. The Bertz CT molecular complexity index is 1340. The van der Waals surface area contributed by atoms with E-state index in [9.17, 15) is 22.8 Å². The van der Waals surface area contributed by atoms with Crippen molar-refractivity contribution in [1.29, 1.82) is 0 Å². The molecule has 0 saturated heterocycles. The molecule has 0 bridgehead atoms. The molecule has 1 heterocycles. The van der Waals surface area contributed by atoms with E-state index >= 15 is 0 Å². The Morgan fingerprint density at radius 1 is 1.05 bits per heavy atom. The Labute approximate surface area is 226 Å². The van der Waals surface area contributed by atoms with Crippen molar-refractivity contribution in [3.63, 3.8) is 0 Å². The van der Waals surface area contributed by atoms with Crippen LogP contribution in [0.15, 0.2) is 54.7 Å². The number of nitrogens with zero attached hydrogens (tertiary/aromatic N) is 2. The number of amides is 2. The fourth-order valence-electron chi connectivity index (χ4n) is 4.52. The highest BCUT2D eigenvalue weighted by molar-refractivity contribution is 5.93. The minimum Gasteiger partial charge on any atom is -0.457 e. The lowest BCUT2D eigenvalue weighted by Crippen LogP contribution is -2.28. The van der Waals surface area contributed by atoms with Gasteiger partial charge in [0.25, 0.3) is 5.91 Å². The summed E-state index contributed by atoms with van der Waals surface area (Å²) in [6.45, 7) is 0.138. The molecule has 0 aliphatic heterocycles. The third-order valence-corrected chi connectivity index (χ3v) is 6.37. The van der Waals surface area contributed by atoms with Crippen LogP contribution in [0.4, 0.5) is 18.9 Å². The third-order valence-electron chi connectivity index (χ3n) is 6.37. The van der Waals surface area contributed by atoms with E-state index in [1.165, 1.54) is 31.4 Å². The van der Waals surface area contributed by atoms with Gasteiger partial charge in [0.15, 0.2) is 0 Å². The average molecular weight is 543 g/mol. The highest BCUT2D eigenvalue weighted by Crippen LogP contribution is 2.35. The summed E-state index contributed by atoms with van der Waals surface area (Å²) in [6, 6.07) is 12.7. The standard InChI is InChI=1S/C28H29F3N4O3.CH4/c1-32-27(37)25-15-23(10-11-33-25)38-22-9-7-17-4-5-18(12-20(17)13-22)26(36)34-21-8-6-19(16-35(2)3)24(14-21)28(29,30)31;/h6-11,13-15,18H,4-5,12,16H2,1-3H3,(H,32,37)(H,34,36);1H4. The van der Waals surface area contributed by atoms with Crippen LogP contribution < -0.4 is 15.4 Å². The number of carbonyl (C=O) groups is 2. The maximum absolute atomic E-state index is 13.6. The first-order chi connectivity index (χ1) is 18.0. The summed E-state index contributed by atoms with van der Waals surface area (Å²) in [5, 5.41) is 5.20. The van der Waals surface area contributed by atoms with Crippen LogP contribution in [0.3, 0.4) is 0 Å². The molecule has 2 N–H and O–H groups in total. The zero-order valence-corrected chi connectivity index (χ0v) is 21.4. The van der Waals surface area contributed by atoms with Gasteiger partial charge in [-0.3, -0.25) is 14.6 Å². The monoisotopic (exact) mass is 542 g/mol. The number of carbonyl (C=O) groups excluding carboxylic acids is 2. The van der Waals surface area contributed by atoms with Gasteiger partial charge in [0, 0.05) is 37.5 Å². The molecule has 7 nitrogen and oxygen atoms in total. The van der Waals surface area contributed by atoms with Crippen molar-refractivity contribution in [3.05, 3.63) is 82.7 Å². The van der Waals surface area contributed by atoms with E-state index < -0.39 is 17.7 Å². The number of hydrogen-bond acceptors (Lipinski definition) is 5. The number of pyridine rings is 1. The van der Waals surface area contributed by atoms with Crippen LogP contribution in [0.1, 0.15) is 46.6 Å². The van der Waals surface area contributed by atoms with Gasteiger partial charge in [-0.05, 0) is 80.4 Å². The second-order valence-electron chi connectivity index (χ2n) is 9.52. The van der Waals surface area contributed by atoms with Crippen molar-refractivity contribution in [2.75, 3.05) is 26.5 Å². The number of aryl methyl sites for hydroxylation is 1. The summed E-state index contributed by atoms with van der Waals surface area (Å²) in [4.78, 5) is 30.6. The highest BCUT2D eigenvalue weighted by atomic mass is 19.4. The maximum atomic E-state index is 13.6. The Hall–Kier alpha value is -3.92. The van der Waals surface area contributed by atoms with Crippen LogP contribution in [-0.4, -0.2) is 42.8 Å². The quantitative estimate of drug-likeness (QED) is 0.401. The number of benzene rings is 2. The van der Waals surface area contributed by atoms with Crippen LogP contribution in [0.5, 0.6) is 11.5 Å². The molecule has 0 spiro atoms. The molecule has 2 amide bonds. The topological polar surface area (TPSA) is 83.6 Å². The van der Waals surface area contributed by atoms with Gasteiger partial charge in [-0.15, -0.1) is 0 Å². The lowest BCUT2D eigenvalue weighted by atomic mass is 9.83. The van der Waals surface area contributed by atoms with Crippen LogP contribution in [0, 0.1) is 5.92 Å². The number of aromatic nitrogens is 1. The van der Waals surface area contributed by atoms with Crippen LogP contribution in [0.2, 0.25) is 0 Å². The molecule has 39 heavy (non-hydrogen) atoms. The van der Waals surface area contributed by atoms with Crippen molar-refractivity contribution in [2.24, 2.45) is 5.92 Å². The lowest BCUT2D eigenvalue weighted by molar-refractivity contribution is -0.138. The van der Waals surface area contributed by atoms with Gasteiger partial charge in [0.2, 0.25) is 5.91 Å². The molecule has 1 unspecified atom stereocenters. The second kappa shape index (κ2) is 12.3. The summed E-state index contributed by atoms with van der Waals surface area (Å²) < 4.78 is 46.9. The second-order valence-corrected chi connectivity index (χ2v) is 9.52. The van der Waals surface area contributed by atoms with Crippen LogP contribution in [-0.2, 0) is 30.4 Å². The number of alkyl halides is 3. The van der Waals surface area contributed by atoms with Gasteiger partial charge in [0.05, 0.1) is 5.56 Å². The van der Waals surface area contributed by atoms with E-state index in [0.29, 0.717) is 30.8 Å². The summed E-state index contributed by atoms with van der Waals surface area (Å²) >= 11 is 0. The van der Waals surface area contributed by atoms with Gasteiger partial charge < -0.3 is 20.3 Å². The van der Waals surface area contributed by atoms with Gasteiger partial charge >= 0.3 is 6.18 Å². The van der Waals surface area contributed by atoms with Crippen molar-refractivity contribution >= 4 is 17.5 Å². The Balaban J connectivity index is 0.00000420. The number of rotatable bonds is 7. The number of anilines is 1. The molecule has 1 aliphatic carbocycles. The molecule has 1 aromatic heterocycles. The highest BCUT2D eigenvalue weighted by Gasteiger charge is 2.34. The molecule has 4 rings (SSSR count). The first-order valence-corrected chi connectivity index (χ1v) is 12.2. The smallest absolute Gasteiger partial charge is 0.416 e. The van der Waals surface area contributed by atoms with Gasteiger partial charge in [-0.2, -0.15) is 13.2 Å². The summed E-state index contributed by atoms with van der Waals surface area (Å²) in [6.07, 6.45) is -1.36. The van der Waals surface area contributed by atoms with Crippen molar-refractivity contribution in [2.45, 2.75) is 39.4 Å². The zero-order valence-electron chi connectivity index (χ0n) is 21.4. The lowest BCUT2D eigenvalue weighted by Gasteiger charge is -2.25. The van der Waals surface area contributed by atoms with Gasteiger partial charge in [-0.1, -0.05) is 19.6 Å². The molecule has 3 aromatic rings. The number of halogens is 3. The number of nitrogens with one attached hydrogen (secondary N) is 2. The number of ether oxygens (including phenoxy) is 1. The molecule has 208 valence electrons.